The lowest BCUT2D eigenvalue weighted by atomic mass is 10.2. The van der Waals surface area contributed by atoms with E-state index in [4.69, 9.17) is 9.84 Å². The number of methoxy groups -OCH3 is 1. The Hall–Kier alpha value is -1.89. The molecule has 0 aliphatic heterocycles. The van der Waals surface area contributed by atoms with Gasteiger partial charge in [-0.3, -0.25) is 0 Å². The molecule has 0 aliphatic carbocycles. The molecule has 1 atom stereocenters. The lowest BCUT2D eigenvalue weighted by Gasteiger charge is -2.15. The first kappa shape index (κ1) is 16.2. The zero-order valence-corrected chi connectivity index (χ0v) is 12.2. The minimum atomic E-state index is -1.05. The summed E-state index contributed by atoms with van der Waals surface area (Å²) in [7, 11) is 1.50. The highest BCUT2D eigenvalue weighted by molar-refractivity contribution is 7.98. The highest BCUT2D eigenvalue weighted by Crippen LogP contribution is 2.22. The number of rotatable bonds is 7. The molecule has 0 unspecified atom stereocenters. The van der Waals surface area contributed by atoms with Gasteiger partial charge >= 0.3 is 12.0 Å². The number of carbonyl (C=O) groups excluding carboxylic acids is 1. The van der Waals surface area contributed by atoms with Crippen LogP contribution in [0, 0.1) is 0 Å². The number of para-hydroxylation sites is 2. The van der Waals surface area contributed by atoms with Crippen molar-refractivity contribution in [3.05, 3.63) is 24.3 Å². The van der Waals surface area contributed by atoms with Gasteiger partial charge in [0.2, 0.25) is 0 Å². The molecule has 0 aromatic heterocycles. The maximum absolute atomic E-state index is 11.8. The largest absolute Gasteiger partial charge is 0.495 e. The zero-order valence-electron chi connectivity index (χ0n) is 11.4. The number of ether oxygens (including phenoxy) is 1. The average Bonchev–Trinajstić information content (AvgIpc) is 2.43. The van der Waals surface area contributed by atoms with Crippen LogP contribution < -0.4 is 15.4 Å². The predicted molar refractivity (Wildman–Crippen MR) is 79.6 cm³/mol. The third-order valence-corrected chi connectivity index (χ3v) is 3.21. The van der Waals surface area contributed by atoms with Crippen molar-refractivity contribution >= 4 is 29.4 Å². The van der Waals surface area contributed by atoms with Crippen molar-refractivity contribution in [2.45, 2.75) is 12.5 Å². The number of carboxylic acid groups (broad SMARTS) is 1. The highest BCUT2D eigenvalue weighted by Gasteiger charge is 2.19. The van der Waals surface area contributed by atoms with E-state index in [0.29, 0.717) is 23.6 Å². The Morgan fingerprint density at radius 3 is 2.70 bits per heavy atom. The molecular weight excluding hydrogens is 280 g/mol. The van der Waals surface area contributed by atoms with Crippen LogP contribution >= 0.6 is 11.8 Å². The second kappa shape index (κ2) is 8.31. The Kier molecular flexibility index (Phi) is 6.72. The molecule has 0 heterocycles. The number of carboxylic acids is 1. The van der Waals surface area contributed by atoms with Crippen molar-refractivity contribution in [1.82, 2.24) is 5.32 Å². The Bertz CT molecular complexity index is 467. The van der Waals surface area contributed by atoms with Gasteiger partial charge in [0.25, 0.3) is 0 Å². The van der Waals surface area contributed by atoms with Gasteiger partial charge in [-0.1, -0.05) is 12.1 Å². The fourth-order valence-electron chi connectivity index (χ4n) is 1.56. The summed E-state index contributed by atoms with van der Waals surface area (Å²) >= 11 is 1.53. The van der Waals surface area contributed by atoms with E-state index in [9.17, 15) is 9.59 Å². The molecule has 0 saturated carbocycles. The van der Waals surface area contributed by atoms with Gasteiger partial charge in [0.15, 0.2) is 0 Å². The third-order valence-electron chi connectivity index (χ3n) is 2.57. The van der Waals surface area contributed by atoms with Gasteiger partial charge in [0.05, 0.1) is 12.8 Å². The van der Waals surface area contributed by atoms with Crippen LogP contribution in [0.15, 0.2) is 24.3 Å². The standard InChI is InChI=1S/C13H18N2O4S/c1-19-11-6-4-3-5-9(11)14-13(18)15-10(12(16)17)7-8-20-2/h3-6,10H,7-8H2,1-2H3,(H,16,17)(H2,14,15,18)/t10-/m1/s1. The number of anilines is 1. The van der Waals surface area contributed by atoms with Gasteiger partial charge in [0.1, 0.15) is 11.8 Å². The molecule has 1 aromatic rings. The minimum Gasteiger partial charge on any atom is -0.495 e. The van der Waals surface area contributed by atoms with Crippen LogP contribution in [0.2, 0.25) is 0 Å². The molecule has 0 bridgehead atoms. The number of hydrogen-bond acceptors (Lipinski definition) is 4. The first-order chi connectivity index (χ1) is 9.58. The molecule has 0 radical (unpaired) electrons. The van der Waals surface area contributed by atoms with Gasteiger partial charge in [0, 0.05) is 0 Å². The molecule has 7 heteroatoms. The summed E-state index contributed by atoms with van der Waals surface area (Å²) < 4.78 is 5.10. The van der Waals surface area contributed by atoms with Crippen LogP contribution in [0.3, 0.4) is 0 Å². The molecule has 1 rings (SSSR count). The zero-order chi connectivity index (χ0) is 15.0. The third kappa shape index (κ3) is 5.00. The van der Waals surface area contributed by atoms with Crippen molar-refractivity contribution in [2.24, 2.45) is 0 Å². The molecule has 2 amide bonds. The van der Waals surface area contributed by atoms with Crippen LogP contribution in [0.4, 0.5) is 10.5 Å². The Morgan fingerprint density at radius 2 is 2.10 bits per heavy atom. The molecule has 3 N–H and O–H groups in total. The van der Waals surface area contributed by atoms with E-state index in [-0.39, 0.29) is 0 Å². The lowest BCUT2D eigenvalue weighted by Crippen LogP contribution is -2.43. The first-order valence-electron chi connectivity index (χ1n) is 6.00. The van der Waals surface area contributed by atoms with E-state index < -0.39 is 18.0 Å². The predicted octanol–water partition coefficient (Wildman–Crippen LogP) is 2.02. The molecule has 6 nitrogen and oxygen atoms in total. The summed E-state index contributed by atoms with van der Waals surface area (Å²) in [5.74, 6) is 0.124. The van der Waals surface area contributed by atoms with Gasteiger partial charge in [-0.05, 0) is 30.6 Å². The van der Waals surface area contributed by atoms with Gasteiger partial charge in [-0.25, -0.2) is 9.59 Å². The van der Waals surface area contributed by atoms with Crippen LogP contribution in [-0.2, 0) is 4.79 Å². The summed E-state index contributed by atoms with van der Waals surface area (Å²) in [6.45, 7) is 0. The fraction of sp³-hybridized carbons (Fsp3) is 0.385. The van der Waals surface area contributed by atoms with Crippen LogP contribution in [-0.4, -0.2) is 42.3 Å². The van der Waals surface area contributed by atoms with E-state index in [0.717, 1.165) is 0 Å². The molecule has 0 spiro atoms. The molecule has 20 heavy (non-hydrogen) atoms. The monoisotopic (exact) mass is 298 g/mol. The highest BCUT2D eigenvalue weighted by atomic mass is 32.2. The molecule has 0 aliphatic rings. The second-order valence-corrected chi connectivity index (χ2v) is 4.96. The van der Waals surface area contributed by atoms with E-state index in [1.807, 2.05) is 6.26 Å². The maximum atomic E-state index is 11.8. The molecule has 0 fully saturated rings. The van der Waals surface area contributed by atoms with Gasteiger partial charge in [-0.2, -0.15) is 11.8 Å². The van der Waals surface area contributed by atoms with E-state index >= 15 is 0 Å². The molecule has 110 valence electrons. The number of aliphatic carboxylic acids is 1. The number of nitrogens with one attached hydrogen (secondary N) is 2. The molecule has 0 saturated heterocycles. The Labute approximate surface area is 121 Å². The van der Waals surface area contributed by atoms with E-state index in [1.54, 1.807) is 24.3 Å². The quantitative estimate of drug-likeness (QED) is 0.717. The number of carbonyl (C=O) groups is 2. The maximum Gasteiger partial charge on any atom is 0.326 e. The van der Waals surface area contributed by atoms with Crippen LogP contribution in [0.25, 0.3) is 0 Å². The number of urea groups is 1. The Morgan fingerprint density at radius 1 is 1.40 bits per heavy atom. The summed E-state index contributed by atoms with van der Waals surface area (Å²) in [6.07, 6.45) is 2.25. The van der Waals surface area contributed by atoms with E-state index in [1.165, 1.54) is 18.9 Å². The normalized spacial score (nSPS) is 11.5. The second-order valence-electron chi connectivity index (χ2n) is 3.97. The number of hydrogen-bond donors (Lipinski definition) is 3. The smallest absolute Gasteiger partial charge is 0.326 e. The number of benzene rings is 1. The van der Waals surface area contributed by atoms with Gasteiger partial charge in [-0.15, -0.1) is 0 Å². The summed E-state index contributed by atoms with van der Waals surface area (Å²) in [4.78, 5) is 22.9. The van der Waals surface area contributed by atoms with Crippen molar-refractivity contribution in [3.8, 4) is 5.75 Å². The lowest BCUT2D eigenvalue weighted by molar-refractivity contribution is -0.139. The summed E-state index contributed by atoms with van der Waals surface area (Å²) in [6, 6.07) is 5.44. The van der Waals surface area contributed by atoms with Crippen molar-refractivity contribution in [2.75, 3.05) is 24.4 Å². The van der Waals surface area contributed by atoms with Crippen molar-refractivity contribution in [3.63, 3.8) is 0 Å². The van der Waals surface area contributed by atoms with Crippen molar-refractivity contribution in [1.29, 1.82) is 0 Å². The molecular formula is C13H18N2O4S. The number of amides is 2. The minimum absolute atomic E-state index is 0.371. The van der Waals surface area contributed by atoms with Gasteiger partial charge < -0.3 is 20.5 Å². The Balaban J connectivity index is 2.63. The van der Waals surface area contributed by atoms with E-state index in [2.05, 4.69) is 10.6 Å². The molecule has 1 aromatic carbocycles. The average molecular weight is 298 g/mol. The van der Waals surface area contributed by atoms with Crippen molar-refractivity contribution < 1.29 is 19.4 Å². The number of thioether (sulfide) groups is 1. The van der Waals surface area contributed by atoms with Crippen LogP contribution in [0.1, 0.15) is 6.42 Å². The van der Waals surface area contributed by atoms with Crippen LogP contribution in [0.5, 0.6) is 5.75 Å². The topological polar surface area (TPSA) is 87.7 Å². The fourth-order valence-corrected chi connectivity index (χ4v) is 2.03. The summed E-state index contributed by atoms with van der Waals surface area (Å²) in [5.41, 5.74) is 0.488. The summed E-state index contributed by atoms with van der Waals surface area (Å²) in [5, 5.41) is 14.0. The SMILES string of the molecule is COc1ccccc1NC(=O)N[C@H](CCSC)C(=O)O. The first-order valence-corrected chi connectivity index (χ1v) is 7.40.